The van der Waals surface area contributed by atoms with E-state index in [1.807, 2.05) is 0 Å². The number of aromatic nitrogens is 1. The largest absolute Gasteiger partial charge is 0.478 e. The zero-order valence-corrected chi connectivity index (χ0v) is 7.18. The van der Waals surface area contributed by atoms with E-state index in [-0.39, 0.29) is 5.56 Å². The van der Waals surface area contributed by atoms with Gasteiger partial charge in [0.15, 0.2) is 0 Å². The molecule has 0 amide bonds. The third kappa shape index (κ3) is 1.50. The summed E-state index contributed by atoms with van der Waals surface area (Å²) in [6.45, 7) is 0. The molecule has 0 bridgehead atoms. The van der Waals surface area contributed by atoms with Gasteiger partial charge in [0.25, 0.3) is 0 Å². The molecule has 1 aromatic heterocycles. The molecule has 0 saturated carbocycles. The average Bonchev–Trinajstić information content (AvgIpc) is 2.71. The lowest BCUT2D eigenvalue weighted by Crippen LogP contribution is -1.94. The molecule has 1 heterocycles. The van der Waals surface area contributed by atoms with Crippen LogP contribution >= 0.6 is 0 Å². The Labute approximate surface area is 79.8 Å². The zero-order chi connectivity index (χ0) is 9.97. The maximum atomic E-state index is 10.6. The Morgan fingerprint density at radius 1 is 1.21 bits per heavy atom. The minimum atomic E-state index is -0.929. The van der Waals surface area contributed by atoms with Gasteiger partial charge in [-0.1, -0.05) is 17.3 Å². The second-order valence-corrected chi connectivity index (χ2v) is 2.80. The van der Waals surface area contributed by atoms with Crippen LogP contribution in [-0.2, 0) is 0 Å². The Kier molecular flexibility index (Phi) is 2.02. The maximum Gasteiger partial charge on any atom is 0.335 e. The standard InChI is InChI=1S/C10H7NO3/c12-10(13)8-3-1-7(2-4-8)9-5-11-14-6-9/h1-6H,(H,12,13). The van der Waals surface area contributed by atoms with E-state index in [1.54, 1.807) is 30.5 Å². The van der Waals surface area contributed by atoms with E-state index in [1.165, 1.54) is 6.26 Å². The van der Waals surface area contributed by atoms with Gasteiger partial charge in [0.1, 0.15) is 6.26 Å². The van der Waals surface area contributed by atoms with E-state index in [0.29, 0.717) is 0 Å². The van der Waals surface area contributed by atoms with Crippen LogP contribution in [0.1, 0.15) is 10.4 Å². The lowest BCUT2D eigenvalue weighted by atomic mass is 10.1. The second-order valence-electron chi connectivity index (χ2n) is 2.80. The van der Waals surface area contributed by atoms with Gasteiger partial charge >= 0.3 is 5.97 Å². The minimum absolute atomic E-state index is 0.269. The smallest absolute Gasteiger partial charge is 0.335 e. The molecule has 4 heteroatoms. The van der Waals surface area contributed by atoms with Crippen molar-refractivity contribution in [2.45, 2.75) is 0 Å². The number of carboxylic acid groups (broad SMARTS) is 1. The number of nitrogens with zero attached hydrogens (tertiary/aromatic N) is 1. The molecule has 2 rings (SSSR count). The summed E-state index contributed by atoms with van der Waals surface area (Å²) >= 11 is 0. The van der Waals surface area contributed by atoms with Crippen molar-refractivity contribution in [3.05, 3.63) is 42.3 Å². The molecule has 4 nitrogen and oxygen atoms in total. The van der Waals surface area contributed by atoms with Crippen molar-refractivity contribution in [2.24, 2.45) is 0 Å². The van der Waals surface area contributed by atoms with Crippen molar-refractivity contribution >= 4 is 5.97 Å². The van der Waals surface area contributed by atoms with E-state index in [4.69, 9.17) is 5.11 Å². The number of hydrogen-bond acceptors (Lipinski definition) is 3. The maximum absolute atomic E-state index is 10.6. The van der Waals surface area contributed by atoms with Crippen LogP contribution in [0.4, 0.5) is 0 Å². The molecule has 14 heavy (non-hydrogen) atoms. The second kappa shape index (κ2) is 3.33. The number of benzene rings is 1. The van der Waals surface area contributed by atoms with Crippen molar-refractivity contribution in [1.29, 1.82) is 0 Å². The first-order valence-corrected chi connectivity index (χ1v) is 4.00. The molecule has 0 saturated heterocycles. The molecule has 1 aromatic carbocycles. The molecule has 2 aromatic rings. The molecule has 0 unspecified atom stereocenters. The summed E-state index contributed by atoms with van der Waals surface area (Å²) in [5.41, 5.74) is 1.99. The Balaban J connectivity index is 2.36. The molecule has 1 N–H and O–H groups in total. The summed E-state index contributed by atoms with van der Waals surface area (Å²) in [5, 5.41) is 12.2. The lowest BCUT2D eigenvalue weighted by Gasteiger charge is -1.96. The Hall–Kier alpha value is -2.10. The van der Waals surface area contributed by atoms with Crippen LogP contribution in [0.2, 0.25) is 0 Å². The van der Waals surface area contributed by atoms with E-state index >= 15 is 0 Å². The minimum Gasteiger partial charge on any atom is -0.478 e. The van der Waals surface area contributed by atoms with Gasteiger partial charge in [-0.3, -0.25) is 0 Å². The summed E-state index contributed by atoms with van der Waals surface area (Å²) in [4.78, 5) is 10.6. The third-order valence-corrected chi connectivity index (χ3v) is 1.90. The summed E-state index contributed by atoms with van der Waals surface area (Å²) in [7, 11) is 0. The first kappa shape index (κ1) is 8.50. The number of aromatic carboxylic acids is 1. The SMILES string of the molecule is O=C(O)c1ccc(-c2cnoc2)cc1. The third-order valence-electron chi connectivity index (χ3n) is 1.90. The normalized spacial score (nSPS) is 10.0. The quantitative estimate of drug-likeness (QED) is 0.785. The molecular formula is C10H7NO3. The Bertz CT molecular complexity index is 431. The Morgan fingerprint density at radius 3 is 2.43 bits per heavy atom. The number of carboxylic acids is 1. The molecule has 0 fully saturated rings. The van der Waals surface area contributed by atoms with Crippen molar-refractivity contribution < 1.29 is 14.4 Å². The fraction of sp³-hybridized carbons (Fsp3) is 0. The van der Waals surface area contributed by atoms with Crippen LogP contribution in [0.5, 0.6) is 0 Å². The monoisotopic (exact) mass is 189 g/mol. The highest BCUT2D eigenvalue weighted by atomic mass is 16.5. The highest BCUT2D eigenvalue weighted by Crippen LogP contribution is 2.18. The summed E-state index contributed by atoms with van der Waals surface area (Å²) < 4.78 is 4.68. The van der Waals surface area contributed by atoms with Gasteiger partial charge in [0.2, 0.25) is 0 Å². The van der Waals surface area contributed by atoms with E-state index in [0.717, 1.165) is 11.1 Å². The van der Waals surface area contributed by atoms with Crippen LogP contribution in [0, 0.1) is 0 Å². The van der Waals surface area contributed by atoms with E-state index in [9.17, 15) is 4.79 Å². The summed E-state index contributed by atoms with van der Waals surface area (Å²) in [6, 6.07) is 6.53. The number of hydrogen-bond donors (Lipinski definition) is 1. The molecule has 0 atom stereocenters. The van der Waals surface area contributed by atoms with Crippen LogP contribution in [0.25, 0.3) is 11.1 Å². The van der Waals surface area contributed by atoms with Crippen molar-refractivity contribution in [3.8, 4) is 11.1 Å². The fourth-order valence-electron chi connectivity index (χ4n) is 1.15. The topological polar surface area (TPSA) is 63.3 Å². The highest BCUT2D eigenvalue weighted by Gasteiger charge is 2.03. The van der Waals surface area contributed by atoms with Crippen LogP contribution in [-0.4, -0.2) is 16.2 Å². The lowest BCUT2D eigenvalue weighted by molar-refractivity contribution is 0.0697. The van der Waals surface area contributed by atoms with Gasteiger partial charge in [-0.25, -0.2) is 4.79 Å². The number of rotatable bonds is 2. The first-order chi connectivity index (χ1) is 6.77. The predicted octanol–water partition coefficient (Wildman–Crippen LogP) is 2.04. The molecule has 0 radical (unpaired) electrons. The summed E-state index contributed by atoms with van der Waals surface area (Å²) in [6.07, 6.45) is 3.09. The van der Waals surface area contributed by atoms with Crippen LogP contribution in [0.15, 0.2) is 41.2 Å². The van der Waals surface area contributed by atoms with Crippen LogP contribution < -0.4 is 0 Å². The van der Waals surface area contributed by atoms with E-state index in [2.05, 4.69) is 9.68 Å². The summed E-state index contributed by atoms with van der Waals surface area (Å²) in [5.74, 6) is -0.929. The molecule has 0 aliphatic rings. The van der Waals surface area contributed by atoms with Gasteiger partial charge in [-0.15, -0.1) is 0 Å². The zero-order valence-electron chi connectivity index (χ0n) is 7.18. The highest BCUT2D eigenvalue weighted by molar-refractivity contribution is 5.88. The molecule has 70 valence electrons. The molecule has 0 aliphatic carbocycles. The van der Waals surface area contributed by atoms with Gasteiger partial charge in [0.05, 0.1) is 11.8 Å². The van der Waals surface area contributed by atoms with Crippen molar-refractivity contribution in [1.82, 2.24) is 5.16 Å². The number of carbonyl (C=O) groups is 1. The molecule has 0 spiro atoms. The van der Waals surface area contributed by atoms with Crippen LogP contribution in [0.3, 0.4) is 0 Å². The first-order valence-electron chi connectivity index (χ1n) is 4.00. The van der Waals surface area contributed by atoms with Gasteiger partial charge in [-0.2, -0.15) is 0 Å². The average molecular weight is 189 g/mol. The molecule has 0 aliphatic heterocycles. The molecular weight excluding hydrogens is 182 g/mol. The van der Waals surface area contributed by atoms with E-state index < -0.39 is 5.97 Å². The van der Waals surface area contributed by atoms with Gasteiger partial charge < -0.3 is 9.63 Å². The fourth-order valence-corrected chi connectivity index (χ4v) is 1.15. The van der Waals surface area contributed by atoms with Crippen molar-refractivity contribution in [2.75, 3.05) is 0 Å². The predicted molar refractivity (Wildman–Crippen MR) is 48.9 cm³/mol. The van der Waals surface area contributed by atoms with Crippen molar-refractivity contribution in [3.63, 3.8) is 0 Å². The van der Waals surface area contributed by atoms with Gasteiger partial charge in [-0.05, 0) is 17.7 Å². The Morgan fingerprint density at radius 2 is 1.93 bits per heavy atom. The van der Waals surface area contributed by atoms with Gasteiger partial charge in [0, 0.05) is 5.56 Å².